The van der Waals surface area contributed by atoms with Gasteiger partial charge in [-0.25, -0.2) is 0 Å². The van der Waals surface area contributed by atoms with E-state index in [0.29, 0.717) is 5.92 Å². The van der Waals surface area contributed by atoms with Gasteiger partial charge in [0.2, 0.25) is 0 Å². The highest BCUT2D eigenvalue weighted by molar-refractivity contribution is 6.30. The average molecular weight is 212 g/mol. The van der Waals surface area contributed by atoms with Gasteiger partial charge in [-0.05, 0) is 37.0 Å². The zero-order chi connectivity index (χ0) is 10.8. The molecule has 0 spiro atoms. The standard InChI is InChI=1S/C12H18ClN/c1-9(2)12(3,14)8-10-4-6-11(13)7-5-10/h4-7,9H,8,14H2,1-3H3. The number of nitrogens with two attached hydrogens (primary N) is 1. The van der Waals surface area contributed by atoms with Crippen LogP contribution in [0.15, 0.2) is 24.3 Å². The third-order valence-electron chi connectivity index (χ3n) is 2.82. The molecule has 0 saturated carbocycles. The predicted molar refractivity (Wildman–Crippen MR) is 62.6 cm³/mol. The fraction of sp³-hybridized carbons (Fsp3) is 0.500. The van der Waals surface area contributed by atoms with Crippen LogP contribution in [0, 0.1) is 5.92 Å². The minimum Gasteiger partial charge on any atom is -0.325 e. The van der Waals surface area contributed by atoms with E-state index < -0.39 is 0 Å². The van der Waals surface area contributed by atoms with Crippen molar-refractivity contribution in [3.8, 4) is 0 Å². The number of hydrogen-bond donors (Lipinski definition) is 1. The van der Waals surface area contributed by atoms with Gasteiger partial charge in [-0.3, -0.25) is 0 Å². The van der Waals surface area contributed by atoms with Crippen LogP contribution < -0.4 is 5.73 Å². The fourth-order valence-corrected chi connectivity index (χ4v) is 1.37. The van der Waals surface area contributed by atoms with Gasteiger partial charge in [-0.2, -0.15) is 0 Å². The molecule has 1 atom stereocenters. The maximum Gasteiger partial charge on any atom is 0.0406 e. The zero-order valence-corrected chi connectivity index (χ0v) is 9.81. The van der Waals surface area contributed by atoms with Crippen molar-refractivity contribution in [3.05, 3.63) is 34.9 Å². The summed E-state index contributed by atoms with van der Waals surface area (Å²) in [5, 5.41) is 0.775. The molecule has 0 fully saturated rings. The Morgan fingerprint density at radius 2 is 1.79 bits per heavy atom. The molecule has 1 nitrogen and oxygen atoms in total. The van der Waals surface area contributed by atoms with E-state index in [9.17, 15) is 0 Å². The lowest BCUT2D eigenvalue weighted by atomic mass is 9.84. The van der Waals surface area contributed by atoms with Gasteiger partial charge < -0.3 is 5.73 Å². The second-order valence-electron chi connectivity index (χ2n) is 4.46. The molecule has 0 radical (unpaired) electrons. The molecule has 0 heterocycles. The molecule has 0 aromatic heterocycles. The van der Waals surface area contributed by atoms with Crippen LogP contribution in [0.3, 0.4) is 0 Å². The molecule has 2 N–H and O–H groups in total. The van der Waals surface area contributed by atoms with E-state index >= 15 is 0 Å². The summed E-state index contributed by atoms with van der Waals surface area (Å²) in [6, 6.07) is 7.90. The summed E-state index contributed by atoms with van der Waals surface area (Å²) in [5.74, 6) is 0.471. The van der Waals surface area contributed by atoms with Gasteiger partial charge in [0.1, 0.15) is 0 Å². The van der Waals surface area contributed by atoms with Gasteiger partial charge in [0.05, 0.1) is 0 Å². The zero-order valence-electron chi connectivity index (χ0n) is 9.05. The molecule has 1 rings (SSSR count). The molecule has 0 aliphatic rings. The van der Waals surface area contributed by atoms with E-state index in [2.05, 4.69) is 20.8 Å². The predicted octanol–water partition coefficient (Wildman–Crippen LogP) is 3.26. The molecular weight excluding hydrogens is 194 g/mol. The van der Waals surface area contributed by atoms with E-state index in [4.69, 9.17) is 17.3 Å². The van der Waals surface area contributed by atoms with Crippen molar-refractivity contribution in [3.63, 3.8) is 0 Å². The highest BCUT2D eigenvalue weighted by Gasteiger charge is 2.22. The number of halogens is 1. The van der Waals surface area contributed by atoms with Crippen LogP contribution in [0.4, 0.5) is 0 Å². The molecule has 1 unspecified atom stereocenters. The largest absolute Gasteiger partial charge is 0.325 e. The minimum atomic E-state index is -0.145. The Labute approximate surface area is 91.3 Å². The van der Waals surface area contributed by atoms with E-state index in [1.165, 1.54) is 5.56 Å². The van der Waals surface area contributed by atoms with Gasteiger partial charge in [0.15, 0.2) is 0 Å². The maximum atomic E-state index is 6.20. The van der Waals surface area contributed by atoms with Crippen LogP contribution >= 0.6 is 11.6 Å². The monoisotopic (exact) mass is 211 g/mol. The molecule has 0 saturated heterocycles. The van der Waals surface area contributed by atoms with Crippen molar-refractivity contribution in [1.29, 1.82) is 0 Å². The molecule has 0 bridgehead atoms. The Hall–Kier alpha value is -0.530. The number of benzene rings is 1. The molecule has 1 aromatic rings. The Kier molecular flexibility index (Phi) is 3.57. The second kappa shape index (κ2) is 4.33. The van der Waals surface area contributed by atoms with Gasteiger partial charge in [0.25, 0.3) is 0 Å². The van der Waals surface area contributed by atoms with Crippen molar-refractivity contribution in [2.24, 2.45) is 11.7 Å². The van der Waals surface area contributed by atoms with E-state index in [-0.39, 0.29) is 5.54 Å². The minimum absolute atomic E-state index is 0.145. The Balaban J connectivity index is 2.74. The van der Waals surface area contributed by atoms with Crippen LogP contribution in [-0.4, -0.2) is 5.54 Å². The maximum absolute atomic E-state index is 6.20. The second-order valence-corrected chi connectivity index (χ2v) is 4.90. The van der Waals surface area contributed by atoms with E-state index in [1.807, 2.05) is 24.3 Å². The Morgan fingerprint density at radius 1 is 1.29 bits per heavy atom. The first-order valence-electron chi connectivity index (χ1n) is 4.95. The van der Waals surface area contributed by atoms with Gasteiger partial charge in [-0.15, -0.1) is 0 Å². The third-order valence-corrected chi connectivity index (χ3v) is 3.07. The molecular formula is C12H18ClN. The van der Waals surface area contributed by atoms with Crippen molar-refractivity contribution in [2.75, 3.05) is 0 Å². The lowest BCUT2D eigenvalue weighted by molar-refractivity contribution is 0.338. The molecule has 1 aromatic carbocycles. The molecule has 14 heavy (non-hydrogen) atoms. The van der Waals surface area contributed by atoms with Gasteiger partial charge >= 0.3 is 0 Å². The summed E-state index contributed by atoms with van der Waals surface area (Å²) in [7, 11) is 0. The van der Waals surface area contributed by atoms with Crippen LogP contribution in [0.2, 0.25) is 5.02 Å². The molecule has 0 aliphatic heterocycles. The van der Waals surface area contributed by atoms with Crippen molar-refractivity contribution in [2.45, 2.75) is 32.7 Å². The van der Waals surface area contributed by atoms with Crippen molar-refractivity contribution in [1.82, 2.24) is 0 Å². The summed E-state index contributed by atoms with van der Waals surface area (Å²) in [5.41, 5.74) is 7.30. The first-order valence-corrected chi connectivity index (χ1v) is 5.33. The summed E-state index contributed by atoms with van der Waals surface area (Å²) in [6.07, 6.45) is 0.891. The van der Waals surface area contributed by atoms with Crippen LogP contribution in [0.5, 0.6) is 0 Å². The van der Waals surface area contributed by atoms with E-state index in [0.717, 1.165) is 11.4 Å². The number of rotatable bonds is 3. The summed E-state index contributed by atoms with van der Waals surface area (Å²) >= 11 is 5.81. The normalized spacial score (nSPS) is 15.6. The molecule has 0 amide bonds. The lowest BCUT2D eigenvalue weighted by Gasteiger charge is -2.29. The summed E-state index contributed by atoms with van der Waals surface area (Å²) < 4.78 is 0. The first-order chi connectivity index (χ1) is 6.42. The highest BCUT2D eigenvalue weighted by atomic mass is 35.5. The lowest BCUT2D eigenvalue weighted by Crippen LogP contribution is -2.43. The summed E-state index contributed by atoms with van der Waals surface area (Å²) in [4.78, 5) is 0. The smallest absolute Gasteiger partial charge is 0.0406 e. The quantitative estimate of drug-likeness (QED) is 0.816. The SMILES string of the molecule is CC(C)C(C)(N)Cc1ccc(Cl)cc1. The molecule has 78 valence electrons. The number of hydrogen-bond acceptors (Lipinski definition) is 1. The molecule has 2 heteroatoms. The molecule has 0 aliphatic carbocycles. The van der Waals surface area contributed by atoms with Crippen molar-refractivity contribution < 1.29 is 0 Å². The van der Waals surface area contributed by atoms with Crippen LogP contribution in [0.25, 0.3) is 0 Å². The topological polar surface area (TPSA) is 26.0 Å². The third kappa shape index (κ3) is 3.00. The van der Waals surface area contributed by atoms with Gasteiger partial charge in [0, 0.05) is 10.6 Å². The van der Waals surface area contributed by atoms with Crippen LogP contribution in [0.1, 0.15) is 26.3 Å². The van der Waals surface area contributed by atoms with Gasteiger partial charge in [-0.1, -0.05) is 37.6 Å². The fourth-order valence-electron chi connectivity index (χ4n) is 1.25. The average Bonchev–Trinajstić information content (AvgIpc) is 2.08. The van der Waals surface area contributed by atoms with Crippen LogP contribution in [-0.2, 0) is 6.42 Å². The summed E-state index contributed by atoms with van der Waals surface area (Å²) in [6.45, 7) is 6.39. The van der Waals surface area contributed by atoms with Crippen molar-refractivity contribution >= 4 is 11.6 Å². The highest BCUT2D eigenvalue weighted by Crippen LogP contribution is 2.20. The Bertz CT molecular complexity index is 288. The first kappa shape index (κ1) is 11.5. The Morgan fingerprint density at radius 3 is 2.21 bits per heavy atom. The van der Waals surface area contributed by atoms with E-state index in [1.54, 1.807) is 0 Å².